The van der Waals surface area contributed by atoms with E-state index in [0.717, 1.165) is 0 Å². The van der Waals surface area contributed by atoms with E-state index < -0.39 is 5.97 Å². The highest BCUT2D eigenvalue weighted by Crippen LogP contribution is 2.41. The van der Waals surface area contributed by atoms with Crippen molar-refractivity contribution in [3.8, 4) is 5.75 Å². The predicted molar refractivity (Wildman–Crippen MR) is 68.6 cm³/mol. The summed E-state index contributed by atoms with van der Waals surface area (Å²) in [5.74, 6) is -0.329. The zero-order valence-electron chi connectivity index (χ0n) is 8.73. The molecule has 1 aromatic rings. The first kappa shape index (κ1) is 14.7. The fourth-order valence-corrected chi connectivity index (χ4v) is 1.83. The smallest absolute Gasteiger partial charge is 0.344 e. The van der Waals surface area contributed by atoms with Crippen LogP contribution in [0.4, 0.5) is 0 Å². The summed E-state index contributed by atoms with van der Waals surface area (Å²) in [6.07, 6.45) is 0. The molecule has 0 fully saturated rings. The summed E-state index contributed by atoms with van der Waals surface area (Å²) < 4.78 is 9.82. The molecule has 0 aliphatic carbocycles. The summed E-state index contributed by atoms with van der Waals surface area (Å²) in [7, 11) is 0. The van der Waals surface area contributed by atoms with Crippen molar-refractivity contribution in [2.45, 2.75) is 6.92 Å². The topological polar surface area (TPSA) is 35.5 Å². The van der Waals surface area contributed by atoms with Crippen LogP contribution in [0.2, 0.25) is 20.1 Å². The van der Waals surface area contributed by atoms with Gasteiger partial charge in [0.15, 0.2) is 6.61 Å². The van der Waals surface area contributed by atoms with Gasteiger partial charge in [-0.3, -0.25) is 0 Å². The van der Waals surface area contributed by atoms with Crippen molar-refractivity contribution < 1.29 is 14.3 Å². The second-order valence-corrected chi connectivity index (χ2v) is 4.43. The van der Waals surface area contributed by atoms with E-state index in [1.165, 1.54) is 6.07 Å². The SMILES string of the molecule is CCOC(=O)COc1cc(Cl)c(Cl)c(Cl)c1Cl. The highest BCUT2D eigenvalue weighted by Gasteiger charge is 2.15. The molecular weight excluding hydrogens is 310 g/mol. The van der Waals surface area contributed by atoms with Gasteiger partial charge in [0.1, 0.15) is 10.8 Å². The second kappa shape index (κ2) is 6.55. The molecule has 0 saturated carbocycles. The third-order valence-electron chi connectivity index (χ3n) is 1.72. The molecule has 0 aliphatic heterocycles. The number of rotatable bonds is 4. The highest BCUT2D eigenvalue weighted by molar-refractivity contribution is 6.52. The lowest BCUT2D eigenvalue weighted by molar-refractivity contribution is -0.145. The van der Waals surface area contributed by atoms with Gasteiger partial charge in [0.05, 0.1) is 21.7 Å². The van der Waals surface area contributed by atoms with E-state index in [1.807, 2.05) is 0 Å². The number of benzene rings is 1. The van der Waals surface area contributed by atoms with E-state index in [0.29, 0.717) is 0 Å². The minimum atomic E-state index is -0.509. The molecule has 1 aromatic carbocycles. The molecular formula is C10H8Cl4O3. The molecule has 0 saturated heterocycles. The van der Waals surface area contributed by atoms with Gasteiger partial charge in [-0.05, 0) is 6.92 Å². The first-order valence-electron chi connectivity index (χ1n) is 4.58. The molecule has 0 N–H and O–H groups in total. The lowest BCUT2D eigenvalue weighted by Gasteiger charge is -2.10. The molecule has 0 unspecified atom stereocenters. The summed E-state index contributed by atoms with van der Waals surface area (Å²) in [4.78, 5) is 11.1. The van der Waals surface area contributed by atoms with Gasteiger partial charge < -0.3 is 9.47 Å². The Hall–Kier alpha value is -0.350. The van der Waals surface area contributed by atoms with E-state index >= 15 is 0 Å². The lowest BCUT2D eigenvalue weighted by Crippen LogP contribution is -2.14. The van der Waals surface area contributed by atoms with E-state index in [4.69, 9.17) is 51.1 Å². The van der Waals surface area contributed by atoms with Crippen molar-refractivity contribution in [3.05, 3.63) is 26.2 Å². The van der Waals surface area contributed by atoms with Crippen LogP contribution in [-0.4, -0.2) is 19.2 Å². The molecule has 1 rings (SSSR count). The molecule has 0 spiro atoms. The maximum Gasteiger partial charge on any atom is 0.344 e. The van der Waals surface area contributed by atoms with Crippen LogP contribution < -0.4 is 4.74 Å². The van der Waals surface area contributed by atoms with Gasteiger partial charge >= 0.3 is 5.97 Å². The number of ether oxygens (including phenoxy) is 2. The summed E-state index contributed by atoms with van der Waals surface area (Å²) in [6.45, 7) is 1.70. The van der Waals surface area contributed by atoms with Crippen molar-refractivity contribution in [2.75, 3.05) is 13.2 Å². The first-order chi connectivity index (χ1) is 7.97. The minimum Gasteiger partial charge on any atom is -0.480 e. The number of carbonyl (C=O) groups excluding carboxylic acids is 1. The first-order valence-corrected chi connectivity index (χ1v) is 6.10. The highest BCUT2D eigenvalue weighted by atomic mass is 35.5. The predicted octanol–water partition coefficient (Wildman–Crippen LogP) is 4.24. The Morgan fingerprint density at radius 2 is 1.82 bits per heavy atom. The van der Waals surface area contributed by atoms with E-state index in [1.54, 1.807) is 6.92 Å². The Morgan fingerprint density at radius 3 is 2.41 bits per heavy atom. The Labute approximate surface area is 118 Å². The number of esters is 1. The molecule has 0 aromatic heterocycles. The van der Waals surface area contributed by atoms with Gasteiger partial charge in [0, 0.05) is 6.07 Å². The van der Waals surface area contributed by atoms with Crippen molar-refractivity contribution in [1.82, 2.24) is 0 Å². The number of hydrogen-bond donors (Lipinski definition) is 0. The molecule has 0 amide bonds. The van der Waals surface area contributed by atoms with Crippen molar-refractivity contribution >= 4 is 52.4 Å². The molecule has 0 atom stereocenters. The van der Waals surface area contributed by atoms with E-state index in [2.05, 4.69) is 4.74 Å². The summed E-state index contributed by atoms with van der Waals surface area (Å²) in [5.41, 5.74) is 0. The van der Waals surface area contributed by atoms with Crippen LogP contribution in [0.5, 0.6) is 5.75 Å². The monoisotopic (exact) mass is 316 g/mol. The maximum atomic E-state index is 11.1. The van der Waals surface area contributed by atoms with Crippen LogP contribution >= 0.6 is 46.4 Å². The number of carbonyl (C=O) groups is 1. The molecule has 0 bridgehead atoms. The van der Waals surface area contributed by atoms with E-state index in [-0.39, 0.29) is 39.1 Å². The summed E-state index contributed by atoms with van der Waals surface area (Å²) >= 11 is 23.3. The lowest BCUT2D eigenvalue weighted by atomic mass is 10.3. The maximum absolute atomic E-state index is 11.1. The van der Waals surface area contributed by atoms with Gasteiger partial charge in [-0.15, -0.1) is 0 Å². The fraction of sp³-hybridized carbons (Fsp3) is 0.300. The largest absolute Gasteiger partial charge is 0.480 e. The molecule has 3 nitrogen and oxygen atoms in total. The van der Waals surface area contributed by atoms with Gasteiger partial charge in [0.2, 0.25) is 0 Å². The number of hydrogen-bond acceptors (Lipinski definition) is 3. The number of halogens is 4. The molecule has 0 radical (unpaired) electrons. The average Bonchev–Trinajstić information content (AvgIpc) is 2.30. The van der Waals surface area contributed by atoms with Crippen LogP contribution in [0.25, 0.3) is 0 Å². The summed E-state index contributed by atoms with van der Waals surface area (Å²) in [6, 6.07) is 1.39. The molecule has 0 aliphatic rings. The van der Waals surface area contributed by atoms with E-state index in [9.17, 15) is 4.79 Å². The zero-order valence-corrected chi connectivity index (χ0v) is 11.8. The standard InChI is InChI=1S/C10H8Cl4O3/c1-2-16-7(15)4-17-6-3-5(11)8(12)10(14)9(6)13/h3H,2,4H2,1H3. The quantitative estimate of drug-likeness (QED) is 0.473. The van der Waals surface area contributed by atoms with Gasteiger partial charge in [-0.1, -0.05) is 46.4 Å². The normalized spacial score (nSPS) is 10.2. The Morgan fingerprint density at radius 1 is 1.18 bits per heavy atom. The zero-order chi connectivity index (χ0) is 13.0. The van der Waals surface area contributed by atoms with Gasteiger partial charge in [-0.2, -0.15) is 0 Å². The third-order valence-corrected chi connectivity index (χ3v) is 3.45. The minimum absolute atomic E-state index is 0.0830. The molecule has 7 heteroatoms. The van der Waals surface area contributed by atoms with Crippen LogP contribution in [0.1, 0.15) is 6.92 Å². The average molecular weight is 318 g/mol. The molecule has 0 heterocycles. The Kier molecular flexibility index (Phi) is 5.67. The fourth-order valence-electron chi connectivity index (χ4n) is 0.996. The van der Waals surface area contributed by atoms with Gasteiger partial charge in [-0.25, -0.2) is 4.79 Å². The van der Waals surface area contributed by atoms with Crippen molar-refractivity contribution in [1.29, 1.82) is 0 Å². The van der Waals surface area contributed by atoms with Crippen LogP contribution in [0.3, 0.4) is 0 Å². The van der Waals surface area contributed by atoms with Crippen molar-refractivity contribution in [2.24, 2.45) is 0 Å². The Balaban J connectivity index is 2.82. The second-order valence-electron chi connectivity index (χ2n) is 2.89. The van der Waals surface area contributed by atoms with Crippen molar-refractivity contribution in [3.63, 3.8) is 0 Å². The summed E-state index contributed by atoms with van der Waals surface area (Å²) in [5, 5.41) is 0.520. The van der Waals surface area contributed by atoms with Crippen LogP contribution in [0, 0.1) is 0 Å². The van der Waals surface area contributed by atoms with Crippen LogP contribution in [-0.2, 0) is 9.53 Å². The Bertz CT molecular complexity index is 434. The molecule has 17 heavy (non-hydrogen) atoms. The molecule has 94 valence electrons. The van der Waals surface area contributed by atoms with Crippen LogP contribution in [0.15, 0.2) is 6.07 Å². The van der Waals surface area contributed by atoms with Gasteiger partial charge in [0.25, 0.3) is 0 Å². The third kappa shape index (κ3) is 3.81.